The number of nitrogens with zero attached hydrogens (tertiary/aromatic N) is 2. The molecule has 0 saturated heterocycles. The molecule has 2 aromatic rings. The number of carbonyl (C=O) groups is 2. The third-order valence-electron chi connectivity index (χ3n) is 2.99. The summed E-state index contributed by atoms with van der Waals surface area (Å²) in [6.45, 7) is 2.11. The van der Waals surface area contributed by atoms with Crippen molar-refractivity contribution in [3.63, 3.8) is 0 Å². The lowest BCUT2D eigenvalue weighted by molar-refractivity contribution is -0.137. The average Bonchev–Trinajstić information content (AvgIpc) is 2.99. The van der Waals surface area contributed by atoms with Gasteiger partial charge in [0.25, 0.3) is 0 Å². The van der Waals surface area contributed by atoms with Crippen molar-refractivity contribution in [1.82, 2.24) is 9.38 Å². The number of primary amides is 1. The smallest absolute Gasteiger partial charge is 0.330 e. The lowest BCUT2D eigenvalue weighted by Crippen LogP contribution is -2.14. The first-order chi connectivity index (χ1) is 12.0. The first-order valence-corrected chi connectivity index (χ1v) is 7.61. The van der Waals surface area contributed by atoms with E-state index in [1.165, 1.54) is 26.4 Å². The molecule has 8 heteroatoms. The van der Waals surface area contributed by atoms with E-state index in [9.17, 15) is 9.59 Å². The van der Waals surface area contributed by atoms with E-state index in [2.05, 4.69) is 9.72 Å². The zero-order chi connectivity index (χ0) is 18.7. The molecule has 1 amide bonds. The maximum Gasteiger partial charge on any atom is 0.330 e. The molecule has 0 bridgehead atoms. The number of hydrogen-bond acceptors (Lipinski definition) is 6. The second-order valence-corrected chi connectivity index (χ2v) is 4.77. The van der Waals surface area contributed by atoms with E-state index in [0.29, 0.717) is 6.61 Å². The van der Waals surface area contributed by atoms with E-state index in [-0.39, 0.29) is 12.3 Å². The van der Waals surface area contributed by atoms with Gasteiger partial charge in [-0.3, -0.25) is 4.79 Å². The SMILES string of the molecule is CCOC(=O)C=CC(OC)OC.NC(=O)Cc1cnc2ccccn12. The molecule has 0 spiro atoms. The molecule has 0 atom stereocenters. The number of rotatable bonds is 7. The van der Waals surface area contributed by atoms with E-state index >= 15 is 0 Å². The quantitative estimate of drug-likeness (QED) is 0.456. The fraction of sp³-hybridized carbons (Fsp3) is 0.353. The summed E-state index contributed by atoms with van der Waals surface area (Å²) in [5, 5.41) is 0. The lowest BCUT2D eigenvalue weighted by atomic mass is 10.3. The normalized spacial score (nSPS) is 10.7. The summed E-state index contributed by atoms with van der Waals surface area (Å²) in [5.74, 6) is -0.734. The van der Waals surface area contributed by atoms with Crippen LogP contribution in [-0.4, -0.2) is 48.4 Å². The number of amides is 1. The molecule has 2 heterocycles. The largest absolute Gasteiger partial charge is 0.463 e. The molecule has 2 rings (SSSR count). The molecule has 0 aliphatic heterocycles. The Labute approximate surface area is 146 Å². The second kappa shape index (κ2) is 11.0. The maximum absolute atomic E-state index is 10.8. The Morgan fingerprint density at radius 2 is 2.04 bits per heavy atom. The van der Waals surface area contributed by atoms with Crippen molar-refractivity contribution in [2.75, 3.05) is 20.8 Å². The Morgan fingerprint density at radius 3 is 2.64 bits per heavy atom. The number of esters is 1. The van der Waals surface area contributed by atoms with Crippen LogP contribution in [0.4, 0.5) is 0 Å². The van der Waals surface area contributed by atoms with Gasteiger partial charge < -0.3 is 24.3 Å². The van der Waals surface area contributed by atoms with Gasteiger partial charge in [0.05, 0.1) is 18.7 Å². The van der Waals surface area contributed by atoms with Crippen molar-refractivity contribution < 1.29 is 23.8 Å². The molecule has 0 fully saturated rings. The van der Waals surface area contributed by atoms with Crippen molar-refractivity contribution in [2.24, 2.45) is 5.73 Å². The Hall–Kier alpha value is -2.71. The van der Waals surface area contributed by atoms with Gasteiger partial charge in [-0.1, -0.05) is 6.07 Å². The van der Waals surface area contributed by atoms with Crippen LogP contribution in [0.15, 0.2) is 42.7 Å². The molecule has 0 aliphatic carbocycles. The van der Waals surface area contributed by atoms with Gasteiger partial charge >= 0.3 is 5.97 Å². The minimum atomic E-state index is -0.491. The molecular formula is C17H23N3O5. The molecule has 136 valence electrons. The van der Waals surface area contributed by atoms with Gasteiger partial charge in [-0.25, -0.2) is 9.78 Å². The number of pyridine rings is 1. The molecule has 2 aromatic heterocycles. The van der Waals surface area contributed by atoms with Gasteiger partial charge in [0, 0.05) is 32.7 Å². The van der Waals surface area contributed by atoms with Crippen LogP contribution in [0.25, 0.3) is 5.65 Å². The zero-order valence-electron chi connectivity index (χ0n) is 14.5. The van der Waals surface area contributed by atoms with Crippen molar-refractivity contribution >= 4 is 17.5 Å². The minimum Gasteiger partial charge on any atom is -0.463 e. The van der Waals surface area contributed by atoms with E-state index < -0.39 is 12.3 Å². The number of nitrogens with two attached hydrogens (primary N) is 1. The summed E-state index contributed by atoms with van der Waals surface area (Å²) in [6, 6.07) is 5.67. The minimum absolute atomic E-state index is 0.227. The van der Waals surface area contributed by atoms with Crippen LogP contribution in [0.2, 0.25) is 0 Å². The highest BCUT2D eigenvalue weighted by molar-refractivity contribution is 5.81. The monoisotopic (exact) mass is 349 g/mol. The fourth-order valence-corrected chi connectivity index (χ4v) is 1.90. The Morgan fingerprint density at radius 1 is 1.32 bits per heavy atom. The van der Waals surface area contributed by atoms with Gasteiger partial charge in [0.15, 0.2) is 6.29 Å². The number of fused-ring (bicyclic) bond motifs is 1. The molecule has 25 heavy (non-hydrogen) atoms. The molecule has 8 nitrogen and oxygen atoms in total. The first-order valence-electron chi connectivity index (χ1n) is 7.61. The summed E-state index contributed by atoms with van der Waals surface area (Å²) in [5.41, 5.74) is 6.75. The van der Waals surface area contributed by atoms with Gasteiger partial charge in [0.2, 0.25) is 5.91 Å². The number of aromatic nitrogens is 2. The zero-order valence-corrected chi connectivity index (χ0v) is 14.5. The van der Waals surface area contributed by atoms with E-state index in [1.807, 2.05) is 28.8 Å². The number of hydrogen-bond donors (Lipinski definition) is 1. The number of ether oxygens (including phenoxy) is 3. The second-order valence-electron chi connectivity index (χ2n) is 4.77. The predicted molar refractivity (Wildman–Crippen MR) is 91.7 cm³/mol. The van der Waals surface area contributed by atoms with Gasteiger partial charge in [-0.2, -0.15) is 0 Å². The van der Waals surface area contributed by atoms with Crippen molar-refractivity contribution in [1.29, 1.82) is 0 Å². The summed E-state index contributed by atoms with van der Waals surface area (Å²) in [6.07, 6.45) is 6.03. The predicted octanol–water partition coefficient (Wildman–Crippen LogP) is 1.09. The first kappa shape index (κ1) is 20.3. The summed E-state index contributed by atoms with van der Waals surface area (Å²) in [4.78, 5) is 25.6. The van der Waals surface area contributed by atoms with Crippen LogP contribution in [-0.2, 0) is 30.2 Å². The van der Waals surface area contributed by atoms with Gasteiger partial charge in [-0.15, -0.1) is 0 Å². The van der Waals surface area contributed by atoms with E-state index in [1.54, 1.807) is 13.1 Å². The maximum atomic E-state index is 10.8. The summed E-state index contributed by atoms with van der Waals surface area (Å²) < 4.78 is 16.1. The highest BCUT2D eigenvalue weighted by Crippen LogP contribution is 2.05. The fourth-order valence-electron chi connectivity index (χ4n) is 1.90. The van der Waals surface area contributed by atoms with Crippen LogP contribution in [0.3, 0.4) is 0 Å². The molecular weight excluding hydrogens is 326 g/mol. The number of methoxy groups -OCH3 is 2. The van der Waals surface area contributed by atoms with Crippen LogP contribution >= 0.6 is 0 Å². The number of imidazole rings is 1. The highest BCUT2D eigenvalue weighted by atomic mass is 16.7. The Kier molecular flexibility index (Phi) is 8.91. The number of carbonyl (C=O) groups excluding carboxylic acids is 2. The van der Waals surface area contributed by atoms with Crippen molar-refractivity contribution in [2.45, 2.75) is 19.6 Å². The van der Waals surface area contributed by atoms with Crippen LogP contribution in [0, 0.1) is 0 Å². The molecule has 0 saturated carbocycles. The lowest BCUT2D eigenvalue weighted by Gasteiger charge is -2.06. The third kappa shape index (κ3) is 7.15. The highest BCUT2D eigenvalue weighted by Gasteiger charge is 2.04. The average molecular weight is 349 g/mol. The standard InChI is InChI=1S/C9H9N3O.C8H14O4/c10-8(13)5-7-6-11-9-3-1-2-4-12(7)9;1-4-12-7(9)5-6-8(10-2)11-3/h1-4,6H,5H2,(H2,10,13);5-6,8H,4H2,1-3H3. The van der Waals surface area contributed by atoms with Crippen LogP contribution in [0.1, 0.15) is 12.6 Å². The topological polar surface area (TPSA) is 105 Å². The van der Waals surface area contributed by atoms with E-state index in [0.717, 1.165) is 11.3 Å². The molecule has 0 aromatic carbocycles. The molecule has 0 aliphatic rings. The van der Waals surface area contributed by atoms with Crippen LogP contribution in [0.5, 0.6) is 0 Å². The van der Waals surface area contributed by atoms with Crippen molar-refractivity contribution in [3.05, 3.63) is 48.4 Å². The molecule has 0 unspecified atom stereocenters. The van der Waals surface area contributed by atoms with Crippen LogP contribution < -0.4 is 5.73 Å². The van der Waals surface area contributed by atoms with Gasteiger partial charge in [-0.05, 0) is 25.1 Å². The Bertz CT molecular complexity index is 707. The summed E-state index contributed by atoms with van der Waals surface area (Å²) in [7, 11) is 2.98. The molecule has 0 radical (unpaired) electrons. The molecule has 2 N–H and O–H groups in total. The van der Waals surface area contributed by atoms with Crippen molar-refractivity contribution in [3.8, 4) is 0 Å². The summed E-state index contributed by atoms with van der Waals surface area (Å²) >= 11 is 0. The Balaban J connectivity index is 0.000000252. The third-order valence-corrected chi connectivity index (χ3v) is 2.99. The van der Waals surface area contributed by atoms with E-state index in [4.69, 9.17) is 15.2 Å². The van der Waals surface area contributed by atoms with Gasteiger partial charge in [0.1, 0.15) is 5.65 Å².